The second-order valence-corrected chi connectivity index (χ2v) is 5.04. The quantitative estimate of drug-likeness (QED) is 0.827. The average molecular weight is 335 g/mol. The number of piperazine rings is 1. The van der Waals surface area contributed by atoms with Gasteiger partial charge < -0.3 is 19.9 Å². The molecule has 2 rings (SSSR count). The Balaban J connectivity index is 0.00000242. The predicted molar refractivity (Wildman–Crippen MR) is 85.6 cm³/mol. The van der Waals surface area contributed by atoms with Crippen molar-refractivity contribution in [3.05, 3.63) is 23.5 Å². The topological polar surface area (TPSA) is 54.0 Å². The van der Waals surface area contributed by atoms with Crippen LogP contribution in [0.25, 0.3) is 0 Å². The zero-order valence-electron chi connectivity index (χ0n) is 13.0. The van der Waals surface area contributed by atoms with Crippen molar-refractivity contribution in [2.75, 3.05) is 47.0 Å². The van der Waals surface area contributed by atoms with E-state index in [1.54, 1.807) is 6.07 Å². The number of nitrogens with one attached hydrogen (secondary N) is 1. The fraction of sp³-hybridized carbons (Fsp3) is 0.600. The first-order valence-corrected chi connectivity index (χ1v) is 7.18. The summed E-state index contributed by atoms with van der Waals surface area (Å²) in [5, 5.41) is 12.6. The Morgan fingerprint density at radius 3 is 2.36 bits per heavy atom. The number of aliphatic hydroxyl groups excluding tert-OH is 1. The third kappa shape index (κ3) is 4.23. The minimum atomic E-state index is -0.329. The predicted octanol–water partition coefficient (Wildman–Crippen LogP) is 1.59. The SMILES string of the molecule is COc1cc(F)c([C@@H](CCO)N2CCNCC2)cc1OC.Cl. The van der Waals surface area contributed by atoms with Crippen LogP contribution in [0.3, 0.4) is 0 Å². The maximum absolute atomic E-state index is 14.4. The van der Waals surface area contributed by atoms with E-state index in [2.05, 4.69) is 10.2 Å². The van der Waals surface area contributed by atoms with Crippen LogP contribution in [0.5, 0.6) is 11.5 Å². The lowest BCUT2D eigenvalue weighted by Crippen LogP contribution is -2.45. The number of benzene rings is 1. The summed E-state index contributed by atoms with van der Waals surface area (Å²) in [7, 11) is 3.02. The molecule has 1 saturated heterocycles. The third-order valence-electron chi connectivity index (χ3n) is 3.86. The van der Waals surface area contributed by atoms with Gasteiger partial charge in [0.1, 0.15) is 5.82 Å². The molecule has 0 saturated carbocycles. The molecule has 1 fully saturated rings. The molecule has 1 aromatic carbocycles. The number of ether oxygens (including phenoxy) is 2. The van der Waals surface area contributed by atoms with Crippen LogP contribution in [-0.2, 0) is 0 Å². The van der Waals surface area contributed by atoms with Crippen molar-refractivity contribution in [1.29, 1.82) is 0 Å². The fourth-order valence-electron chi connectivity index (χ4n) is 2.78. The van der Waals surface area contributed by atoms with Gasteiger partial charge in [-0.15, -0.1) is 12.4 Å². The van der Waals surface area contributed by atoms with Gasteiger partial charge in [0.2, 0.25) is 0 Å². The largest absolute Gasteiger partial charge is 0.493 e. The molecule has 1 aromatic rings. The lowest BCUT2D eigenvalue weighted by atomic mass is 10.00. The smallest absolute Gasteiger partial charge is 0.163 e. The molecule has 0 aliphatic carbocycles. The van der Waals surface area contributed by atoms with Crippen molar-refractivity contribution in [2.24, 2.45) is 0 Å². The molecular weight excluding hydrogens is 311 g/mol. The molecule has 5 nitrogen and oxygen atoms in total. The van der Waals surface area contributed by atoms with Gasteiger partial charge in [0, 0.05) is 50.5 Å². The first kappa shape index (κ1) is 19.0. The summed E-state index contributed by atoms with van der Waals surface area (Å²) in [6.07, 6.45) is 0.492. The maximum atomic E-state index is 14.4. The van der Waals surface area contributed by atoms with E-state index in [-0.39, 0.29) is 30.9 Å². The Hall–Kier alpha value is -1.08. The Morgan fingerprint density at radius 1 is 1.23 bits per heavy atom. The Labute approximate surface area is 136 Å². The molecule has 0 aromatic heterocycles. The zero-order chi connectivity index (χ0) is 15.2. The van der Waals surface area contributed by atoms with Crippen molar-refractivity contribution < 1.29 is 19.0 Å². The van der Waals surface area contributed by atoms with Crippen LogP contribution in [-0.4, -0.2) is 57.0 Å². The summed E-state index contributed by atoms with van der Waals surface area (Å²) in [6, 6.07) is 2.87. The molecule has 0 amide bonds. The standard InChI is InChI=1S/C15H23FN2O3.ClH/c1-20-14-9-11(12(16)10-15(14)21-2)13(3-8-19)18-6-4-17-5-7-18;/h9-10,13,17,19H,3-8H2,1-2H3;1H/t13-;/m1./s1. The van der Waals surface area contributed by atoms with E-state index >= 15 is 0 Å². The van der Waals surface area contributed by atoms with Crippen molar-refractivity contribution in [3.63, 3.8) is 0 Å². The van der Waals surface area contributed by atoms with E-state index < -0.39 is 0 Å². The number of aliphatic hydroxyl groups is 1. The van der Waals surface area contributed by atoms with Crippen LogP contribution in [0.1, 0.15) is 18.0 Å². The van der Waals surface area contributed by atoms with Gasteiger partial charge in [0.25, 0.3) is 0 Å². The van der Waals surface area contributed by atoms with Gasteiger partial charge in [-0.05, 0) is 12.5 Å². The molecule has 22 heavy (non-hydrogen) atoms. The highest BCUT2D eigenvalue weighted by Crippen LogP contribution is 2.35. The molecule has 0 spiro atoms. The monoisotopic (exact) mass is 334 g/mol. The molecule has 1 aliphatic heterocycles. The number of methoxy groups -OCH3 is 2. The van der Waals surface area contributed by atoms with Crippen LogP contribution in [0.4, 0.5) is 4.39 Å². The normalized spacial score (nSPS) is 16.7. The second-order valence-electron chi connectivity index (χ2n) is 5.04. The summed E-state index contributed by atoms with van der Waals surface area (Å²) in [5.41, 5.74) is 0.545. The molecular formula is C15H24ClFN2O3. The van der Waals surface area contributed by atoms with Gasteiger partial charge in [-0.3, -0.25) is 4.90 Å². The summed E-state index contributed by atoms with van der Waals surface area (Å²) >= 11 is 0. The highest BCUT2D eigenvalue weighted by Gasteiger charge is 2.25. The average Bonchev–Trinajstić information content (AvgIpc) is 2.53. The van der Waals surface area contributed by atoms with Crippen LogP contribution >= 0.6 is 12.4 Å². The number of halogens is 2. The van der Waals surface area contributed by atoms with E-state index in [1.165, 1.54) is 20.3 Å². The van der Waals surface area contributed by atoms with Crippen molar-refractivity contribution in [2.45, 2.75) is 12.5 Å². The van der Waals surface area contributed by atoms with Gasteiger partial charge in [0.05, 0.1) is 14.2 Å². The lowest BCUT2D eigenvalue weighted by molar-refractivity contribution is 0.138. The molecule has 0 bridgehead atoms. The number of nitrogens with zero attached hydrogens (tertiary/aromatic N) is 1. The van der Waals surface area contributed by atoms with Gasteiger partial charge in [-0.25, -0.2) is 4.39 Å². The van der Waals surface area contributed by atoms with Crippen molar-refractivity contribution in [3.8, 4) is 11.5 Å². The van der Waals surface area contributed by atoms with Gasteiger partial charge in [-0.1, -0.05) is 0 Å². The van der Waals surface area contributed by atoms with Crippen molar-refractivity contribution in [1.82, 2.24) is 10.2 Å². The molecule has 1 heterocycles. The van der Waals surface area contributed by atoms with Crippen LogP contribution < -0.4 is 14.8 Å². The van der Waals surface area contributed by atoms with E-state index in [1.807, 2.05) is 0 Å². The highest BCUT2D eigenvalue weighted by atomic mass is 35.5. The number of hydrogen-bond acceptors (Lipinski definition) is 5. The maximum Gasteiger partial charge on any atom is 0.163 e. The van der Waals surface area contributed by atoms with Gasteiger partial charge >= 0.3 is 0 Å². The van der Waals surface area contributed by atoms with E-state index in [4.69, 9.17) is 9.47 Å². The Kier molecular flexibility index (Phi) is 7.89. The number of rotatable bonds is 6. The van der Waals surface area contributed by atoms with Crippen molar-refractivity contribution >= 4 is 12.4 Å². The molecule has 1 atom stereocenters. The third-order valence-corrected chi connectivity index (χ3v) is 3.86. The molecule has 0 unspecified atom stereocenters. The minimum absolute atomic E-state index is 0. The Bertz CT molecular complexity index is 470. The first-order chi connectivity index (χ1) is 10.2. The van der Waals surface area contributed by atoms with E-state index in [0.29, 0.717) is 23.5 Å². The summed E-state index contributed by atoms with van der Waals surface area (Å²) < 4.78 is 24.8. The zero-order valence-corrected chi connectivity index (χ0v) is 13.8. The molecule has 1 aliphatic rings. The summed E-state index contributed by atoms with van der Waals surface area (Å²) in [5.74, 6) is 0.554. The van der Waals surface area contributed by atoms with E-state index in [0.717, 1.165) is 26.2 Å². The fourth-order valence-corrected chi connectivity index (χ4v) is 2.78. The molecule has 126 valence electrons. The van der Waals surface area contributed by atoms with Gasteiger partial charge in [0.15, 0.2) is 11.5 Å². The van der Waals surface area contributed by atoms with Crippen LogP contribution in [0.2, 0.25) is 0 Å². The first-order valence-electron chi connectivity index (χ1n) is 7.18. The van der Waals surface area contributed by atoms with Crippen LogP contribution in [0, 0.1) is 5.82 Å². The lowest BCUT2D eigenvalue weighted by Gasteiger charge is -2.35. The van der Waals surface area contributed by atoms with E-state index in [9.17, 15) is 9.50 Å². The van der Waals surface area contributed by atoms with Crippen LogP contribution in [0.15, 0.2) is 12.1 Å². The summed E-state index contributed by atoms with van der Waals surface area (Å²) in [6.45, 7) is 3.42. The highest BCUT2D eigenvalue weighted by molar-refractivity contribution is 5.85. The number of hydrogen-bond donors (Lipinski definition) is 2. The molecule has 7 heteroatoms. The Morgan fingerprint density at radius 2 is 1.82 bits per heavy atom. The minimum Gasteiger partial charge on any atom is -0.493 e. The van der Waals surface area contributed by atoms with Gasteiger partial charge in [-0.2, -0.15) is 0 Å². The summed E-state index contributed by atoms with van der Waals surface area (Å²) in [4.78, 5) is 2.19. The molecule has 2 N–H and O–H groups in total. The second kappa shape index (κ2) is 9.15. The molecule has 0 radical (unpaired) electrons.